The largest absolute Gasteiger partial charge is 0.490 e. The van der Waals surface area contributed by atoms with Gasteiger partial charge in [0.1, 0.15) is 5.75 Å². The van der Waals surface area contributed by atoms with Gasteiger partial charge in [0.25, 0.3) is 0 Å². The van der Waals surface area contributed by atoms with Gasteiger partial charge in [-0.2, -0.15) is 0 Å². The molecule has 184 valence electrons. The summed E-state index contributed by atoms with van der Waals surface area (Å²) >= 11 is 0. The number of rotatable bonds is 7. The molecule has 1 fully saturated rings. The molecule has 1 aliphatic heterocycles. The highest BCUT2D eigenvalue weighted by molar-refractivity contribution is 5.96. The molecule has 3 aromatic carbocycles. The molecule has 5 rings (SSSR count). The van der Waals surface area contributed by atoms with E-state index in [0.29, 0.717) is 5.95 Å². The monoisotopic (exact) mass is 481 g/mol. The lowest BCUT2D eigenvalue weighted by Crippen LogP contribution is -2.35. The van der Waals surface area contributed by atoms with Gasteiger partial charge in [0, 0.05) is 34.1 Å². The molecule has 1 saturated heterocycles. The molecule has 0 aliphatic carbocycles. The second kappa shape index (κ2) is 10.3. The Morgan fingerprint density at radius 2 is 1.92 bits per heavy atom. The van der Waals surface area contributed by atoms with E-state index in [1.165, 1.54) is 0 Å². The molecule has 1 aliphatic rings. The third kappa shape index (κ3) is 5.16. The summed E-state index contributed by atoms with van der Waals surface area (Å²) in [6.07, 6.45) is 3.77. The normalized spacial score (nSPS) is 15.3. The van der Waals surface area contributed by atoms with E-state index in [9.17, 15) is 4.79 Å². The molecule has 0 saturated carbocycles. The molecule has 0 radical (unpaired) electrons. The number of carbonyl (C=O) groups excluding carboxylic acids is 1. The van der Waals surface area contributed by atoms with Crippen LogP contribution in [0.3, 0.4) is 0 Å². The van der Waals surface area contributed by atoms with Crippen LogP contribution in [-0.4, -0.2) is 34.6 Å². The number of ether oxygens (including phenoxy) is 1. The van der Waals surface area contributed by atoms with Gasteiger partial charge in [0.05, 0.1) is 17.7 Å². The van der Waals surface area contributed by atoms with Crippen LogP contribution in [0.1, 0.15) is 32.3 Å². The molecule has 1 unspecified atom stereocenters. The summed E-state index contributed by atoms with van der Waals surface area (Å²) < 4.78 is 6.07. The minimum Gasteiger partial charge on any atom is -0.490 e. The van der Waals surface area contributed by atoms with Gasteiger partial charge in [-0.15, -0.1) is 0 Å². The van der Waals surface area contributed by atoms with Gasteiger partial charge in [-0.25, -0.2) is 9.97 Å². The van der Waals surface area contributed by atoms with E-state index in [1.807, 2.05) is 75.5 Å². The van der Waals surface area contributed by atoms with Crippen molar-refractivity contribution in [3.63, 3.8) is 0 Å². The van der Waals surface area contributed by atoms with Crippen molar-refractivity contribution in [2.24, 2.45) is 0 Å². The lowest BCUT2D eigenvalue weighted by atomic mass is 10.0. The maximum atomic E-state index is 12.6. The second-order valence-corrected chi connectivity index (χ2v) is 9.39. The number of para-hydroxylation sites is 2. The van der Waals surface area contributed by atoms with Crippen LogP contribution in [-0.2, 0) is 4.79 Å². The molecular formula is C29H31N5O2. The van der Waals surface area contributed by atoms with E-state index in [4.69, 9.17) is 9.72 Å². The highest BCUT2D eigenvalue weighted by atomic mass is 16.5. The highest BCUT2D eigenvalue weighted by Gasteiger charge is 2.22. The van der Waals surface area contributed by atoms with Crippen molar-refractivity contribution in [1.29, 1.82) is 0 Å². The SMILES string of the molecule is Cc1ccc(NC(=O)C2CCCN2)cc1Nc1ncc2cccc(-c3ccccc3OC(C)C)c2n1. The zero-order chi connectivity index (χ0) is 25.1. The summed E-state index contributed by atoms with van der Waals surface area (Å²) in [7, 11) is 0. The van der Waals surface area contributed by atoms with E-state index in [1.54, 1.807) is 0 Å². The van der Waals surface area contributed by atoms with Crippen LogP contribution >= 0.6 is 0 Å². The molecule has 2 heterocycles. The van der Waals surface area contributed by atoms with E-state index in [-0.39, 0.29) is 18.1 Å². The van der Waals surface area contributed by atoms with E-state index in [2.05, 4.69) is 33.1 Å². The van der Waals surface area contributed by atoms with Crippen molar-refractivity contribution in [3.05, 3.63) is 72.4 Å². The fraction of sp³-hybridized carbons (Fsp3) is 0.276. The summed E-state index contributed by atoms with van der Waals surface area (Å²) in [5.41, 5.74) is 5.42. The van der Waals surface area contributed by atoms with Gasteiger partial charge in [-0.05, 0) is 63.9 Å². The number of aromatic nitrogens is 2. The number of nitrogens with zero attached hydrogens (tertiary/aromatic N) is 2. The lowest BCUT2D eigenvalue weighted by molar-refractivity contribution is -0.117. The van der Waals surface area contributed by atoms with Crippen LogP contribution < -0.4 is 20.7 Å². The molecule has 4 aromatic rings. The Morgan fingerprint density at radius 3 is 2.72 bits per heavy atom. The number of benzene rings is 3. The van der Waals surface area contributed by atoms with E-state index >= 15 is 0 Å². The standard InChI is InChI=1S/C29H31N5O2/c1-18(2)36-26-12-5-4-9-22(26)23-10-6-8-20-17-31-29(34-27(20)23)33-25-16-21(14-13-19(25)3)32-28(35)24-11-7-15-30-24/h4-6,8-10,12-14,16-18,24,30H,7,11,15H2,1-3H3,(H,32,35)(H,31,33,34). The number of fused-ring (bicyclic) bond motifs is 1. The fourth-order valence-electron chi connectivity index (χ4n) is 4.47. The number of nitrogens with one attached hydrogen (secondary N) is 3. The molecule has 7 nitrogen and oxygen atoms in total. The number of hydrogen-bond acceptors (Lipinski definition) is 6. The summed E-state index contributed by atoms with van der Waals surface area (Å²) in [6, 6.07) is 19.8. The first-order valence-corrected chi connectivity index (χ1v) is 12.4. The highest BCUT2D eigenvalue weighted by Crippen LogP contribution is 2.35. The average Bonchev–Trinajstić information content (AvgIpc) is 3.41. The quantitative estimate of drug-likeness (QED) is 0.308. The smallest absolute Gasteiger partial charge is 0.241 e. The lowest BCUT2D eigenvalue weighted by Gasteiger charge is -2.16. The third-order valence-corrected chi connectivity index (χ3v) is 6.28. The molecule has 1 aromatic heterocycles. The molecule has 7 heteroatoms. The van der Waals surface area contributed by atoms with Gasteiger partial charge in [-0.3, -0.25) is 4.79 Å². The number of aryl methyl sites for hydroxylation is 1. The van der Waals surface area contributed by atoms with Crippen molar-refractivity contribution in [2.75, 3.05) is 17.2 Å². The topological polar surface area (TPSA) is 88.2 Å². The molecule has 36 heavy (non-hydrogen) atoms. The summed E-state index contributed by atoms with van der Waals surface area (Å²) in [6.45, 7) is 6.94. The Bertz CT molecular complexity index is 1400. The number of amides is 1. The summed E-state index contributed by atoms with van der Waals surface area (Å²) in [5.74, 6) is 1.31. The minimum absolute atomic E-state index is 0.00354. The van der Waals surface area contributed by atoms with Crippen molar-refractivity contribution in [3.8, 4) is 16.9 Å². The van der Waals surface area contributed by atoms with Gasteiger partial charge < -0.3 is 20.7 Å². The second-order valence-electron chi connectivity index (χ2n) is 9.39. The Kier molecular flexibility index (Phi) is 6.82. The molecule has 1 atom stereocenters. The zero-order valence-electron chi connectivity index (χ0n) is 20.8. The Balaban J connectivity index is 1.46. The van der Waals surface area contributed by atoms with E-state index < -0.39 is 0 Å². The van der Waals surface area contributed by atoms with Crippen molar-refractivity contribution < 1.29 is 9.53 Å². The number of carbonyl (C=O) groups is 1. The summed E-state index contributed by atoms with van der Waals surface area (Å²) in [5, 5.41) is 10.6. The van der Waals surface area contributed by atoms with Crippen molar-refractivity contribution in [2.45, 2.75) is 45.8 Å². The van der Waals surface area contributed by atoms with Crippen LogP contribution in [0.4, 0.5) is 17.3 Å². The number of anilines is 3. The van der Waals surface area contributed by atoms with E-state index in [0.717, 1.165) is 64.1 Å². The fourth-order valence-corrected chi connectivity index (χ4v) is 4.47. The molecule has 0 bridgehead atoms. The maximum Gasteiger partial charge on any atom is 0.241 e. The number of hydrogen-bond donors (Lipinski definition) is 3. The average molecular weight is 482 g/mol. The van der Waals surface area contributed by atoms with Crippen LogP contribution in [0.2, 0.25) is 0 Å². The van der Waals surface area contributed by atoms with Crippen LogP contribution in [0.5, 0.6) is 5.75 Å². The maximum absolute atomic E-state index is 12.6. The van der Waals surface area contributed by atoms with Gasteiger partial charge >= 0.3 is 0 Å². The Morgan fingerprint density at radius 1 is 1.08 bits per heavy atom. The minimum atomic E-state index is -0.132. The van der Waals surface area contributed by atoms with Crippen LogP contribution in [0, 0.1) is 6.92 Å². The van der Waals surface area contributed by atoms with Gasteiger partial charge in [-0.1, -0.05) is 42.5 Å². The molecular weight excluding hydrogens is 450 g/mol. The third-order valence-electron chi connectivity index (χ3n) is 6.28. The Hall–Kier alpha value is -3.97. The van der Waals surface area contributed by atoms with Gasteiger partial charge in [0.2, 0.25) is 11.9 Å². The van der Waals surface area contributed by atoms with Gasteiger partial charge in [0.15, 0.2) is 0 Å². The first-order chi connectivity index (χ1) is 17.5. The zero-order valence-corrected chi connectivity index (χ0v) is 20.8. The predicted molar refractivity (Wildman–Crippen MR) is 145 cm³/mol. The Labute approximate surface area is 211 Å². The van der Waals surface area contributed by atoms with Crippen LogP contribution in [0.15, 0.2) is 66.9 Å². The van der Waals surface area contributed by atoms with Crippen molar-refractivity contribution in [1.82, 2.24) is 15.3 Å². The molecule has 1 amide bonds. The summed E-state index contributed by atoms with van der Waals surface area (Å²) in [4.78, 5) is 22.0. The van der Waals surface area contributed by atoms with Crippen molar-refractivity contribution >= 4 is 34.1 Å². The predicted octanol–water partition coefficient (Wildman–Crippen LogP) is 5.83. The van der Waals surface area contributed by atoms with Crippen LogP contribution in [0.25, 0.3) is 22.0 Å². The molecule has 3 N–H and O–H groups in total. The first kappa shape index (κ1) is 23.8. The first-order valence-electron chi connectivity index (χ1n) is 12.4. The molecule has 0 spiro atoms.